The van der Waals surface area contributed by atoms with E-state index in [0.717, 1.165) is 28.2 Å². The maximum Gasteiger partial charge on any atom is 0.184 e. The molecule has 0 amide bonds. The summed E-state index contributed by atoms with van der Waals surface area (Å²) in [6, 6.07) is 6.46. The van der Waals surface area contributed by atoms with Gasteiger partial charge in [-0.05, 0) is 53.4 Å². The van der Waals surface area contributed by atoms with Crippen LogP contribution in [0.25, 0.3) is 11.2 Å². The molecular weight excluding hydrogens is 408 g/mol. The number of fused-ring (bicyclic) bond motifs is 1. The van der Waals surface area contributed by atoms with Crippen molar-refractivity contribution in [1.82, 2.24) is 25.0 Å². The standard InChI is InChI=1S/C19H25BrN6O/c1-6-25(16-8-7-14(12(2)3)11-15(16)20)18-17-19(22-13(4)21-18)26(24-23-17)9-10-27-5/h7-8,11-12H,6,9-10H2,1-5H3. The van der Waals surface area contributed by atoms with Crippen LogP contribution in [0.5, 0.6) is 0 Å². The predicted molar refractivity (Wildman–Crippen MR) is 111 cm³/mol. The topological polar surface area (TPSA) is 69.0 Å². The molecule has 1 aromatic carbocycles. The van der Waals surface area contributed by atoms with Crippen LogP contribution in [0.3, 0.4) is 0 Å². The first-order valence-corrected chi connectivity index (χ1v) is 9.89. The van der Waals surface area contributed by atoms with Crippen LogP contribution in [0, 0.1) is 6.92 Å². The second-order valence-corrected chi connectivity index (χ2v) is 7.54. The summed E-state index contributed by atoms with van der Waals surface area (Å²) in [7, 11) is 1.67. The largest absolute Gasteiger partial charge is 0.383 e. The molecule has 0 aliphatic heterocycles. The van der Waals surface area contributed by atoms with Crippen molar-refractivity contribution in [2.75, 3.05) is 25.2 Å². The molecule has 27 heavy (non-hydrogen) atoms. The van der Waals surface area contributed by atoms with Gasteiger partial charge in [-0.3, -0.25) is 0 Å². The molecule has 7 nitrogen and oxygen atoms in total. The van der Waals surface area contributed by atoms with Crippen LogP contribution < -0.4 is 4.90 Å². The van der Waals surface area contributed by atoms with Gasteiger partial charge in [-0.1, -0.05) is 25.1 Å². The van der Waals surface area contributed by atoms with Crippen molar-refractivity contribution >= 4 is 38.6 Å². The van der Waals surface area contributed by atoms with E-state index in [1.54, 1.807) is 11.8 Å². The van der Waals surface area contributed by atoms with E-state index in [1.165, 1.54) is 5.56 Å². The van der Waals surface area contributed by atoms with Gasteiger partial charge in [0.05, 0.1) is 18.8 Å². The van der Waals surface area contributed by atoms with Crippen LogP contribution in [0.1, 0.15) is 38.1 Å². The van der Waals surface area contributed by atoms with Gasteiger partial charge in [-0.25, -0.2) is 14.6 Å². The van der Waals surface area contributed by atoms with Crippen molar-refractivity contribution < 1.29 is 4.74 Å². The zero-order valence-electron chi connectivity index (χ0n) is 16.4. The lowest BCUT2D eigenvalue weighted by Crippen LogP contribution is -2.19. The minimum atomic E-state index is 0.471. The number of benzene rings is 1. The van der Waals surface area contributed by atoms with Crippen molar-refractivity contribution in [1.29, 1.82) is 0 Å². The number of aryl methyl sites for hydroxylation is 1. The van der Waals surface area contributed by atoms with Gasteiger partial charge in [0, 0.05) is 18.1 Å². The molecule has 0 fully saturated rings. The van der Waals surface area contributed by atoms with Crippen molar-refractivity contribution in [3.63, 3.8) is 0 Å². The number of anilines is 2. The van der Waals surface area contributed by atoms with Gasteiger partial charge in [-0.15, -0.1) is 5.10 Å². The van der Waals surface area contributed by atoms with E-state index in [4.69, 9.17) is 4.74 Å². The van der Waals surface area contributed by atoms with E-state index >= 15 is 0 Å². The molecule has 0 aliphatic rings. The van der Waals surface area contributed by atoms with E-state index in [-0.39, 0.29) is 0 Å². The van der Waals surface area contributed by atoms with Crippen molar-refractivity contribution in [3.05, 3.63) is 34.1 Å². The van der Waals surface area contributed by atoms with E-state index < -0.39 is 0 Å². The van der Waals surface area contributed by atoms with Crippen LogP contribution in [0.4, 0.5) is 11.5 Å². The molecule has 144 valence electrons. The maximum atomic E-state index is 5.16. The molecule has 0 spiro atoms. The molecule has 0 saturated carbocycles. The Hall–Kier alpha value is -2.06. The smallest absolute Gasteiger partial charge is 0.184 e. The summed E-state index contributed by atoms with van der Waals surface area (Å²) in [4.78, 5) is 11.4. The van der Waals surface area contributed by atoms with Gasteiger partial charge in [0.25, 0.3) is 0 Å². The molecule has 0 N–H and O–H groups in total. The average molecular weight is 433 g/mol. The van der Waals surface area contributed by atoms with E-state index in [9.17, 15) is 0 Å². The summed E-state index contributed by atoms with van der Waals surface area (Å²) in [6.07, 6.45) is 0. The fourth-order valence-corrected chi connectivity index (χ4v) is 3.61. The Morgan fingerprint density at radius 1 is 1.26 bits per heavy atom. The fourth-order valence-electron chi connectivity index (χ4n) is 3.00. The fraction of sp³-hybridized carbons (Fsp3) is 0.474. The third kappa shape index (κ3) is 3.96. The van der Waals surface area contributed by atoms with Crippen LogP contribution in [-0.4, -0.2) is 45.2 Å². The lowest BCUT2D eigenvalue weighted by atomic mass is 10.0. The Morgan fingerprint density at radius 2 is 2.04 bits per heavy atom. The number of aromatic nitrogens is 5. The first kappa shape index (κ1) is 19.7. The Kier molecular flexibility index (Phi) is 6.06. The van der Waals surface area contributed by atoms with Crippen LogP contribution in [0.15, 0.2) is 22.7 Å². The molecule has 3 rings (SSSR count). The highest BCUT2D eigenvalue weighted by atomic mass is 79.9. The molecule has 8 heteroatoms. The highest BCUT2D eigenvalue weighted by Crippen LogP contribution is 2.35. The molecule has 2 heterocycles. The third-order valence-electron chi connectivity index (χ3n) is 4.46. The molecule has 0 aliphatic carbocycles. The predicted octanol–water partition coefficient (Wildman–Crippen LogP) is 4.22. The second-order valence-electron chi connectivity index (χ2n) is 6.68. The quantitative estimate of drug-likeness (QED) is 0.556. The van der Waals surface area contributed by atoms with Crippen molar-refractivity contribution in [2.24, 2.45) is 0 Å². The average Bonchev–Trinajstić information content (AvgIpc) is 3.04. The summed E-state index contributed by atoms with van der Waals surface area (Å²) in [6.45, 7) is 10.3. The lowest BCUT2D eigenvalue weighted by Gasteiger charge is -2.24. The molecular formula is C19H25BrN6O. The number of hydrogen-bond donors (Lipinski definition) is 0. The SMILES string of the molecule is CCN(c1ccc(C(C)C)cc1Br)c1nc(C)nc2c1nnn2CCOC. The molecule has 0 saturated heterocycles. The number of halogens is 1. The summed E-state index contributed by atoms with van der Waals surface area (Å²) in [5.41, 5.74) is 3.75. The molecule has 0 radical (unpaired) electrons. The van der Waals surface area contributed by atoms with Gasteiger partial charge in [-0.2, -0.15) is 0 Å². The first-order chi connectivity index (χ1) is 13.0. The van der Waals surface area contributed by atoms with Gasteiger partial charge in [0.2, 0.25) is 0 Å². The number of methoxy groups -OCH3 is 1. The zero-order valence-corrected chi connectivity index (χ0v) is 18.0. The van der Waals surface area contributed by atoms with Crippen molar-refractivity contribution in [3.8, 4) is 0 Å². The summed E-state index contributed by atoms with van der Waals surface area (Å²) in [5.74, 6) is 1.92. The van der Waals surface area contributed by atoms with Crippen LogP contribution in [-0.2, 0) is 11.3 Å². The number of hydrogen-bond acceptors (Lipinski definition) is 6. The molecule has 0 unspecified atom stereocenters. The Labute approximate surface area is 167 Å². The van der Waals surface area contributed by atoms with Gasteiger partial charge in [0.15, 0.2) is 17.0 Å². The summed E-state index contributed by atoms with van der Waals surface area (Å²) >= 11 is 3.73. The first-order valence-electron chi connectivity index (χ1n) is 9.10. The van der Waals surface area contributed by atoms with E-state index in [1.807, 2.05) is 6.92 Å². The van der Waals surface area contributed by atoms with Crippen molar-refractivity contribution in [2.45, 2.75) is 40.2 Å². The van der Waals surface area contributed by atoms with Gasteiger partial charge < -0.3 is 9.64 Å². The lowest BCUT2D eigenvalue weighted by molar-refractivity contribution is 0.184. The summed E-state index contributed by atoms with van der Waals surface area (Å²) in [5, 5.41) is 8.61. The van der Waals surface area contributed by atoms with Gasteiger partial charge in [0.1, 0.15) is 5.82 Å². The molecule has 3 aromatic rings. The number of nitrogens with zero attached hydrogens (tertiary/aromatic N) is 6. The minimum Gasteiger partial charge on any atom is -0.383 e. The van der Waals surface area contributed by atoms with Crippen LogP contribution >= 0.6 is 15.9 Å². The highest BCUT2D eigenvalue weighted by Gasteiger charge is 2.20. The minimum absolute atomic E-state index is 0.471. The zero-order chi connectivity index (χ0) is 19.6. The third-order valence-corrected chi connectivity index (χ3v) is 5.10. The monoisotopic (exact) mass is 432 g/mol. The Morgan fingerprint density at radius 3 is 2.67 bits per heavy atom. The second kappa shape index (κ2) is 8.31. The van der Waals surface area contributed by atoms with Crippen LogP contribution in [0.2, 0.25) is 0 Å². The number of rotatable bonds is 7. The molecule has 2 aromatic heterocycles. The summed E-state index contributed by atoms with van der Waals surface area (Å²) < 4.78 is 7.96. The van der Waals surface area contributed by atoms with Gasteiger partial charge >= 0.3 is 0 Å². The molecule has 0 bridgehead atoms. The normalized spacial score (nSPS) is 11.5. The van der Waals surface area contributed by atoms with E-state index in [2.05, 4.69) is 80.1 Å². The highest BCUT2D eigenvalue weighted by molar-refractivity contribution is 9.10. The molecule has 0 atom stereocenters. The maximum absolute atomic E-state index is 5.16. The van der Waals surface area contributed by atoms with E-state index in [0.29, 0.717) is 30.4 Å². The number of ether oxygens (including phenoxy) is 1. The Bertz CT molecular complexity index is 939. The Balaban J connectivity index is 2.10.